The van der Waals surface area contributed by atoms with Gasteiger partial charge >= 0.3 is 41.2 Å². The molecule has 4 aromatic rings. The number of rotatable bonds is 6. The van der Waals surface area contributed by atoms with Crippen molar-refractivity contribution in [3.05, 3.63) is 167 Å². The molecule has 0 amide bonds. The molecule has 47 heavy (non-hydrogen) atoms. The van der Waals surface area contributed by atoms with Crippen LogP contribution in [0.4, 0.5) is 17.6 Å². The summed E-state index contributed by atoms with van der Waals surface area (Å²) in [5.41, 5.74) is 4.58. The maximum Gasteiger partial charge on any atom is 4.00 e. The molecule has 9 heteroatoms. The SMILES string of the molecule is Cc1cccc([Si]Oc2ccc(F)[c-]c2F)c1C.Cc1cccc([Si]Oc2ccc(F)[c-]c2F)c1C.[C-]1=CC=CC1.[C-]1=CC=CC1.[Ti+4]. The largest absolute Gasteiger partial charge is 4.00 e. The second-order valence-electron chi connectivity index (χ2n) is 9.88. The molecule has 0 aromatic heterocycles. The van der Waals surface area contributed by atoms with Gasteiger partial charge in [-0.2, -0.15) is 12.2 Å². The zero-order valence-electron chi connectivity index (χ0n) is 26.5. The average Bonchev–Trinajstić information content (AvgIpc) is 3.81. The molecule has 0 heterocycles. The molecule has 236 valence electrons. The van der Waals surface area contributed by atoms with Crippen LogP contribution in [0.25, 0.3) is 0 Å². The third-order valence-electron chi connectivity index (χ3n) is 6.58. The Morgan fingerprint density at radius 1 is 0.574 bits per heavy atom. The Bertz CT molecular complexity index is 1560. The molecule has 0 spiro atoms. The van der Waals surface area contributed by atoms with E-state index in [2.05, 4.69) is 24.3 Å². The van der Waals surface area contributed by atoms with Crippen molar-refractivity contribution < 1.29 is 48.1 Å². The van der Waals surface area contributed by atoms with E-state index in [-0.39, 0.29) is 52.7 Å². The maximum absolute atomic E-state index is 13.3. The van der Waals surface area contributed by atoms with E-state index < -0.39 is 23.3 Å². The quantitative estimate of drug-likeness (QED) is 0.115. The van der Waals surface area contributed by atoms with Crippen molar-refractivity contribution in [2.75, 3.05) is 0 Å². The summed E-state index contributed by atoms with van der Waals surface area (Å²) in [7, 11) is -0.0243. The molecule has 0 aliphatic heterocycles. The Balaban J connectivity index is 0.000000248. The van der Waals surface area contributed by atoms with Gasteiger partial charge in [-0.05, 0) is 60.3 Å². The molecule has 0 saturated heterocycles. The fourth-order valence-electron chi connectivity index (χ4n) is 3.64. The van der Waals surface area contributed by atoms with E-state index in [1.165, 1.54) is 12.1 Å². The number of benzene rings is 4. The first kappa shape index (κ1) is 39.5. The molecule has 4 radical (unpaired) electrons. The number of hydrogen-bond donors (Lipinski definition) is 0. The van der Waals surface area contributed by atoms with Crippen molar-refractivity contribution in [2.24, 2.45) is 0 Å². The van der Waals surface area contributed by atoms with Gasteiger partial charge < -0.3 is 8.85 Å². The summed E-state index contributed by atoms with van der Waals surface area (Å²) in [6, 6.07) is 20.5. The second-order valence-corrected chi connectivity index (χ2v) is 11.8. The number of aryl methyl sites for hydroxylation is 2. The van der Waals surface area contributed by atoms with Gasteiger partial charge in [-0.15, -0.1) is 49.2 Å². The van der Waals surface area contributed by atoms with E-state index in [9.17, 15) is 17.6 Å². The topological polar surface area (TPSA) is 18.5 Å². The number of hydrogen-bond acceptors (Lipinski definition) is 2. The number of allylic oxidation sites excluding steroid dienone is 8. The molecule has 0 unspecified atom stereocenters. The van der Waals surface area contributed by atoms with Crippen LogP contribution in [0.15, 0.2) is 97.1 Å². The van der Waals surface area contributed by atoms with Gasteiger partial charge in [-0.1, -0.05) is 36.4 Å². The third kappa shape index (κ3) is 13.9. The Labute approximate surface area is 295 Å². The summed E-state index contributed by atoms with van der Waals surface area (Å²) in [5.74, 6) is -3.00. The smallest absolute Gasteiger partial charge is 0.596 e. The summed E-state index contributed by atoms with van der Waals surface area (Å²) in [5, 5.41) is 2.03. The first-order valence-corrected chi connectivity index (χ1v) is 16.1. The van der Waals surface area contributed by atoms with Crippen LogP contribution >= 0.6 is 0 Å². The van der Waals surface area contributed by atoms with Gasteiger partial charge in [0.2, 0.25) is 0 Å². The Morgan fingerprint density at radius 2 is 0.979 bits per heavy atom. The predicted octanol–water partition coefficient (Wildman–Crippen LogP) is 8.02. The first-order chi connectivity index (χ1) is 22.2. The monoisotopic (exact) mass is 700 g/mol. The van der Waals surface area contributed by atoms with Crippen molar-refractivity contribution in [2.45, 2.75) is 40.5 Å². The Hall–Kier alpha value is -3.69. The van der Waals surface area contributed by atoms with Crippen molar-refractivity contribution in [3.8, 4) is 11.5 Å². The van der Waals surface area contributed by atoms with Crippen LogP contribution in [0, 0.1) is 75.2 Å². The minimum absolute atomic E-state index is 0. The zero-order chi connectivity index (χ0) is 33.3. The molecule has 0 fully saturated rings. The molecular formula is C38H32F4O2Si2Ti. The summed E-state index contributed by atoms with van der Waals surface area (Å²) >= 11 is 0. The van der Waals surface area contributed by atoms with E-state index in [0.717, 1.165) is 57.6 Å². The van der Waals surface area contributed by atoms with Gasteiger partial charge in [0.25, 0.3) is 0 Å². The van der Waals surface area contributed by atoms with Crippen LogP contribution in [0.3, 0.4) is 0 Å². The molecule has 2 nitrogen and oxygen atoms in total. The summed E-state index contributed by atoms with van der Waals surface area (Å²) in [6.45, 7) is 8.01. The van der Waals surface area contributed by atoms with E-state index in [1.807, 2.05) is 101 Å². The van der Waals surface area contributed by atoms with E-state index in [4.69, 9.17) is 8.85 Å². The standard InChI is InChI=1S/2C14H11F2OSi.2C5H5.Ti/c2*1-9-4-3-5-14(10(9)2)18-17-13-7-6-11(15)8-12(13)16;2*1-2-4-5-3-1;/h2*3-7H,1-2H3;2*1-3H,4H2;/q4*-1;+4. The van der Waals surface area contributed by atoms with Crippen LogP contribution in [0.5, 0.6) is 11.5 Å². The van der Waals surface area contributed by atoms with Crippen molar-refractivity contribution in [3.63, 3.8) is 0 Å². The minimum Gasteiger partial charge on any atom is -0.596 e. The minimum atomic E-state index is -0.798. The van der Waals surface area contributed by atoms with Crippen LogP contribution in [0.2, 0.25) is 0 Å². The van der Waals surface area contributed by atoms with E-state index in [0.29, 0.717) is 0 Å². The molecule has 0 bridgehead atoms. The van der Waals surface area contributed by atoms with Crippen molar-refractivity contribution in [1.82, 2.24) is 0 Å². The van der Waals surface area contributed by atoms with Crippen molar-refractivity contribution >= 4 is 29.9 Å². The molecule has 4 aromatic carbocycles. The van der Waals surface area contributed by atoms with Crippen LogP contribution < -0.4 is 19.2 Å². The van der Waals surface area contributed by atoms with E-state index in [1.54, 1.807) is 0 Å². The molecule has 2 aliphatic carbocycles. The van der Waals surface area contributed by atoms with E-state index >= 15 is 0 Å². The normalized spacial score (nSPS) is 11.7. The first-order valence-electron chi connectivity index (χ1n) is 14.3. The van der Waals surface area contributed by atoms with Crippen molar-refractivity contribution in [1.29, 1.82) is 0 Å². The van der Waals surface area contributed by atoms with Gasteiger partial charge in [0.15, 0.2) is 0 Å². The number of halogens is 4. The van der Waals surface area contributed by atoms with Crippen LogP contribution in [-0.2, 0) is 21.7 Å². The molecular weight excluding hydrogens is 668 g/mol. The molecule has 0 N–H and O–H groups in total. The van der Waals surface area contributed by atoms with Gasteiger partial charge in [-0.25, -0.2) is 41.9 Å². The Kier molecular flexibility index (Phi) is 17.8. The zero-order valence-corrected chi connectivity index (χ0v) is 30.0. The summed E-state index contributed by atoms with van der Waals surface area (Å²) in [4.78, 5) is 0. The predicted molar refractivity (Wildman–Crippen MR) is 177 cm³/mol. The van der Waals surface area contributed by atoms with Gasteiger partial charge in [-0.3, -0.25) is 12.2 Å². The summed E-state index contributed by atoms with van der Waals surface area (Å²) < 4.78 is 62.7. The molecule has 2 aliphatic rings. The molecule has 6 rings (SSSR count). The van der Waals surface area contributed by atoms with Gasteiger partial charge in [0.1, 0.15) is 0 Å². The third-order valence-corrected chi connectivity index (χ3v) is 8.74. The Morgan fingerprint density at radius 3 is 1.28 bits per heavy atom. The van der Waals surface area contributed by atoms with Crippen LogP contribution in [-0.4, -0.2) is 19.5 Å². The maximum atomic E-state index is 13.3. The van der Waals surface area contributed by atoms with Crippen LogP contribution in [0.1, 0.15) is 35.1 Å². The second kappa shape index (κ2) is 21.2. The fraction of sp³-hybridized carbons (Fsp3) is 0.158. The molecule has 0 atom stereocenters. The van der Waals surface area contributed by atoms with Gasteiger partial charge in [0, 0.05) is 23.1 Å². The fourth-order valence-corrected chi connectivity index (χ4v) is 5.43. The molecule has 0 saturated carbocycles. The summed E-state index contributed by atoms with van der Waals surface area (Å²) in [6.07, 6.45) is 20.0. The average molecular weight is 701 g/mol. The van der Waals surface area contributed by atoms with Gasteiger partial charge in [0.05, 0.1) is 11.6 Å².